The van der Waals surface area contributed by atoms with Crippen LogP contribution in [-0.2, 0) is 9.53 Å². The van der Waals surface area contributed by atoms with Crippen molar-refractivity contribution in [3.63, 3.8) is 0 Å². The molecule has 2 atom stereocenters. The average Bonchev–Trinajstić information content (AvgIpc) is 2.81. The number of halogens is 1. The van der Waals surface area contributed by atoms with Gasteiger partial charge in [0.1, 0.15) is 0 Å². The Balaban J connectivity index is 1.76. The molecule has 1 saturated heterocycles. The molecule has 0 unspecified atom stereocenters. The highest BCUT2D eigenvalue weighted by atomic mass is 35.5. The first-order valence-corrected chi connectivity index (χ1v) is 10.3. The molecule has 2 aromatic carbocycles. The third kappa shape index (κ3) is 3.45. The van der Waals surface area contributed by atoms with E-state index in [-0.39, 0.29) is 24.6 Å². The van der Waals surface area contributed by atoms with E-state index in [1.807, 2.05) is 13.0 Å². The molecule has 0 aliphatic carbocycles. The van der Waals surface area contributed by atoms with Crippen LogP contribution in [0.25, 0.3) is 0 Å². The quantitative estimate of drug-likeness (QED) is 0.777. The normalized spacial score (nSPS) is 20.7. The van der Waals surface area contributed by atoms with Crippen LogP contribution in [0.2, 0.25) is 5.02 Å². The van der Waals surface area contributed by atoms with Gasteiger partial charge in [0.2, 0.25) is 0 Å². The van der Waals surface area contributed by atoms with E-state index in [0.29, 0.717) is 6.61 Å². The van der Waals surface area contributed by atoms with Crippen molar-refractivity contribution in [1.29, 1.82) is 0 Å². The van der Waals surface area contributed by atoms with Gasteiger partial charge in [0, 0.05) is 30.3 Å². The molecule has 4 rings (SSSR count). The number of fused-ring (bicyclic) bond motifs is 5. The summed E-state index contributed by atoms with van der Waals surface area (Å²) in [7, 11) is 2.10. The van der Waals surface area contributed by atoms with Crippen molar-refractivity contribution in [2.24, 2.45) is 0 Å². The second kappa shape index (κ2) is 8.02. The minimum absolute atomic E-state index is 0.126. The molecule has 6 heteroatoms. The fraction of sp³-hybridized carbons (Fsp3) is 0.409. The van der Waals surface area contributed by atoms with Gasteiger partial charge in [0.25, 0.3) is 0 Å². The number of hydrogen-bond acceptors (Lipinski definition) is 5. The molecule has 0 saturated carbocycles. The maximum absolute atomic E-state index is 11.9. The van der Waals surface area contributed by atoms with Crippen molar-refractivity contribution in [2.75, 3.05) is 36.5 Å². The van der Waals surface area contributed by atoms with Gasteiger partial charge in [-0.1, -0.05) is 29.8 Å². The van der Waals surface area contributed by atoms with Crippen LogP contribution >= 0.6 is 11.6 Å². The molecule has 0 amide bonds. The Morgan fingerprint density at radius 2 is 2.04 bits per heavy atom. The summed E-state index contributed by atoms with van der Waals surface area (Å²) in [5.74, 6) is -0.206. The van der Waals surface area contributed by atoms with Crippen LogP contribution in [0.1, 0.15) is 31.4 Å². The van der Waals surface area contributed by atoms with E-state index in [9.17, 15) is 4.79 Å². The minimum Gasteiger partial charge on any atom is -0.465 e. The number of carbonyl (C=O) groups is 1. The molecule has 2 aliphatic rings. The number of para-hydroxylation sites is 1. The summed E-state index contributed by atoms with van der Waals surface area (Å²) >= 11 is 6.37. The molecule has 1 fully saturated rings. The van der Waals surface area contributed by atoms with Gasteiger partial charge < -0.3 is 19.9 Å². The fourth-order valence-electron chi connectivity index (χ4n) is 4.47. The first-order valence-electron chi connectivity index (χ1n) is 9.88. The lowest BCUT2D eigenvalue weighted by atomic mass is 9.89. The lowest BCUT2D eigenvalue weighted by molar-refractivity contribution is -0.142. The Morgan fingerprint density at radius 3 is 2.86 bits per heavy atom. The lowest BCUT2D eigenvalue weighted by Gasteiger charge is -2.43. The summed E-state index contributed by atoms with van der Waals surface area (Å²) in [4.78, 5) is 16.6. The first kappa shape index (κ1) is 19.1. The van der Waals surface area contributed by atoms with E-state index in [4.69, 9.17) is 16.3 Å². The molecule has 148 valence electrons. The number of rotatable bonds is 4. The summed E-state index contributed by atoms with van der Waals surface area (Å²) < 4.78 is 5.11. The van der Waals surface area contributed by atoms with E-state index in [1.54, 1.807) is 0 Å². The van der Waals surface area contributed by atoms with Crippen LogP contribution in [-0.4, -0.2) is 38.8 Å². The summed E-state index contributed by atoms with van der Waals surface area (Å²) in [6.07, 6.45) is 2.06. The van der Waals surface area contributed by atoms with Crippen molar-refractivity contribution in [1.82, 2.24) is 5.32 Å². The SMILES string of the molecule is CCOC(=O)CN[C@H]1CCCN2c3cc(Cl)ccc3N(C)c3ccccc3[C@@H]12. The highest BCUT2D eigenvalue weighted by Gasteiger charge is 2.38. The Bertz CT molecular complexity index is 873. The third-order valence-electron chi connectivity index (χ3n) is 5.67. The zero-order chi connectivity index (χ0) is 19.7. The highest BCUT2D eigenvalue weighted by Crippen LogP contribution is 2.48. The molecular formula is C22H26ClN3O2. The number of piperidine rings is 1. The van der Waals surface area contributed by atoms with Gasteiger partial charge in [-0.3, -0.25) is 4.79 Å². The van der Waals surface area contributed by atoms with Crippen LogP contribution < -0.4 is 15.1 Å². The van der Waals surface area contributed by atoms with Gasteiger partial charge in [-0.15, -0.1) is 0 Å². The molecule has 0 aromatic heterocycles. The molecule has 2 heterocycles. The number of hydrogen-bond donors (Lipinski definition) is 1. The summed E-state index contributed by atoms with van der Waals surface area (Å²) in [5, 5.41) is 4.20. The molecule has 2 aromatic rings. The van der Waals surface area contributed by atoms with Crippen molar-refractivity contribution in [2.45, 2.75) is 31.8 Å². The minimum atomic E-state index is -0.206. The van der Waals surface area contributed by atoms with E-state index in [0.717, 1.165) is 35.8 Å². The van der Waals surface area contributed by atoms with E-state index >= 15 is 0 Å². The summed E-state index contributed by atoms with van der Waals surface area (Å²) in [6.45, 7) is 3.42. The lowest BCUT2D eigenvalue weighted by Crippen LogP contribution is -2.49. The molecular weight excluding hydrogens is 374 g/mol. The van der Waals surface area contributed by atoms with E-state index < -0.39 is 0 Å². The molecule has 0 spiro atoms. The van der Waals surface area contributed by atoms with Crippen molar-refractivity contribution >= 4 is 34.6 Å². The zero-order valence-electron chi connectivity index (χ0n) is 16.3. The standard InChI is InChI=1S/C22H26ClN3O2/c1-3-28-21(27)14-24-17-8-6-12-26-20-13-15(23)10-11-19(20)25(2)18-9-5-4-7-16(18)22(17)26/h4-5,7,9-11,13,17,22,24H,3,6,8,12,14H2,1-2H3/t17-,22-/m0/s1. The predicted molar refractivity (Wildman–Crippen MR) is 114 cm³/mol. The highest BCUT2D eigenvalue weighted by molar-refractivity contribution is 6.31. The number of nitrogens with zero attached hydrogens (tertiary/aromatic N) is 2. The Hall–Kier alpha value is -2.24. The molecule has 28 heavy (non-hydrogen) atoms. The molecule has 0 radical (unpaired) electrons. The molecule has 1 N–H and O–H groups in total. The van der Waals surface area contributed by atoms with Gasteiger partial charge >= 0.3 is 5.97 Å². The van der Waals surface area contributed by atoms with Gasteiger partial charge in [-0.2, -0.15) is 0 Å². The van der Waals surface area contributed by atoms with E-state index in [2.05, 4.69) is 58.6 Å². The first-order chi connectivity index (χ1) is 13.6. The monoisotopic (exact) mass is 399 g/mol. The molecule has 2 aliphatic heterocycles. The molecule has 0 bridgehead atoms. The fourth-order valence-corrected chi connectivity index (χ4v) is 4.64. The van der Waals surface area contributed by atoms with Crippen LogP contribution in [0.5, 0.6) is 0 Å². The van der Waals surface area contributed by atoms with Gasteiger partial charge in [-0.05, 0) is 49.6 Å². The Labute approximate surface area is 171 Å². The van der Waals surface area contributed by atoms with Gasteiger partial charge in [0.05, 0.1) is 30.6 Å². The second-order valence-electron chi connectivity index (χ2n) is 7.32. The van der Waals surface area contributed by atoms with E-state index in [1.165, 1.54) is 11.3 Å². The maximum atomic E-state index is 11.9. The maximum Gasteiger partial charge on any atom is 0.319 e. The van der Waals surface area contributed by atoms with Crippen molar-refractivity contribution in [3.05, 3.63) is 53.1 Å². The number of esters is 1. The number of nitrogens with one attached hydrogen (secondary N) is 1. The number of carbonyl (C=O) groups excluding carboxylic acids is 1. The van der Waals surface area contributed by atoms with Crippen molar-refractivity contribution < 1.29 is 9.53 Å². The van der Waals surface area contributed by atoms with Crippen LogP contribution in [0.15, 0.2) is 42.5 Å². The van der Waals surface area contributed by atoms with Crippen LogP contribution in [0, 0.1) is 0 Å². The van der Waals surface area contributed by atoms with Gasteiger partial charge in [-0.25, -0.2) is 0 Å². The largest absolute Gasteiger partial charge is 0.465 e. The van der Waals surface area contributed by atoms with Crippen molar-refractivity contribution in [3.8, 4) is 0 Å². The van der Waals surface area contributed by atoms with Gasteiger partial charge in [0.15, 0.2) is 0 Å². The number of benzene rings is 2. The predicted octanol–water partition coefficient (Wildman–Crippen LogP) is 4.28. The average molecular weight is 400 g/mol. The number of ether oxygens (including phenoxy) is 1. The number of anilines is 3. The van der Waals surface area contributed by atoms with Crippen LogP contribution in [0.4, 0.5) is 17.1 Å². The Kier molecular flexibility index (Phi) is 5.47. The smallest absolute Gasteiger partial charge is 0.319 e. The molecule has 5 nitrogen and oxygen atoms in total. The zero-order valence-corrected chi connectivity index (χ0v) is 17.1. The third-order valence-corrected chi connectivity index (χ3v) is 5.91. The topological polar surface area (TPSA) is 44.8 Å². The summed E-state index contributed by atoms with van der Waals surface area (Å²) in [6, 6.07) is 14.9. The summed E-state index contributed by atoms with van der Waals surface area (Å²) in [5.41, 5.74) is 4.73. The second-order valence-corrected chi connectivity index (χ2v) is 7.76. The van der Waals surface area contributed by atoms with Crippen LogP contribution in [0.3, 0.4) is 0 Å². The Morgan fingerprint density at radius 1 is 1.21 bits per heavy atom.